The van der Waals surface area contributed by atoms with Crippen molar-refractivity contribution in [1.82, 2.24) is 4.90 Å². The van der Waals surface area contributed by atoms with Gasteiger partial charge in [0.05, 0.1) is 6.10 Å². The van der Waals surface area contributed by atoms with Gasteiger partial charge in [-0.1, -0.05) is 6.08 Å². The molecule has 74 valence electrons. The third kappa shape index (κ3) is 2.56. The average molecular weight is 183 g/mol. The molecule has 0 aromatic heterocycles. The molecule has 2 unspecified atom stereocenters. The number of amides is 1. The number of aliphatic hydroxyl groups is 1. The Kier molecular flexibility index (Phi) is 3.48. The van der Waals surface area contributed by atoms with E-state index in [1.807, 2.05) is 6.92 Å². The molecule has 1 saturated heterocycles. The van der Waals surface area contributed by atoms with Crippen LogP contribution in [0.4, 0.5) is 0 Å². The molecule has 3 nitrogen and oxygen atoms in total. The standard InChI is InChI=1S/C10H17NO2/c1-3-4-10(13)11-6-5-9(7-11)8(2)12/h3-4,8-9,12H,5-7H2,1-2H3/b4-3+. The van der Waals surface area contributed by atoms with Crippen molar-refractivity contribution in [2.24, 2.45) is 5.92 Å². The highest BCUT2D eigenvalue weighted by Gasteiger charge is 2.27. The lowest BCUT2D eigenvalue weighted by molar-refractivity contribution is -0.125. The monoisotopic (exact) mass is 183 g/mol. The van der Waals surface area contributed by atoms with E-state index >= 15 is 0 Å². The molecule has 1 rings (SSSR count). The Hall–Kier alpha value is -0.830. The van der Waals surface area contributed by atoms with E-state index in [1.165, 1.54) is 0 Å². The van der Waals surface area contributed by atoms with Crippen LogP contribution >= 0.6 is 0 Å². The van der Waals surface area contributed by atoms with Crippen molar-refractivity contribution in [3.8, 4) is 0 Å². The van der Waals surface area contributed by atoms with Gasteiger partial charge in [0.25, 0.3) is 0 Å². The number of hydrogen-bond acceptors (Lipinski definition) is 2. The fourth-order valence-electron chi connectivity index (χ4n) is 1.63. The van der Waals surface area contributed by atoms with Crippen LogP contribution in [0.5, 0.6) is 0 Å². The van der Waals surface area contributed by atoms with Gasteiger partial charge in [0, 0.05) is 19.0 Å². The highest BCUT2D eigenvalue weighted by Crippen LogP contribution is 2.19. The Labute approximate surface area is 79.0 Å². The maximum atomic E-state index is 11.4. The van der Waals surface area contributed by atoms with E-state index in [-0.39, 0.29) is 17.9 Å². The van der Waals surface area contributed by atoms with Gasteiger partial charge in [-0.15, -0.1) is 0 Å². The summed E-state index contributed by atoms with van der Waals surface area (Å²) in [5.74, 6) is 0.319. The van der Waals surface area contributed by atoms with Gasteiger partial charge in [-0.05, 0) is 26.3 Å². The van der Waals surface area contributed by atoms with Gasteiger partial charge in [-0.25, -0.2) is 0 Å². The molecule has 0 bridgehead atoms. The smallest absolute Gasteiger partial charge is 0.246 e. The number of likely N-dealkylation sites (tertiary alicyclic amines) is 1. The summed E-state index contributed by atoms with van der Waals surface area (Å²) in [6.07, 6.45) is 3.94. The Balaban J connectivity index is 2.45. The Morgan fingerprint density at radius 3 is 2.85 bits per heavy atom. The van der Waals surface area contributed by atoms with Crippen LogP contribution < -0.4 is 0 Å². The minimum Gasteiger partial charge on any atom is -0.393 e. The van der Waals surface area contributed by atoms with Crippen LogP contribution in [0, 0.1) is 5.92 Å². The highest BCUT2D eigenvalue weighted by atomic mass is 16.3. The van der Waals surface area contributed by atoms with Crippen LogP contribution in [0.3, 0.4) is 0 Å². The van der Waals surface area contributed by atoms with Gasteiger partial charge in [0.15, 0.2) is 0 Å². The molecule has 1 aliphatic rings. The van der Waals surface area contributed by atoms with Crippen molar-refractivity contribution >= 4 is 5.91 Å². The van der Waals surface area contributed by atoms with Crippen molar-refractivity contribution in [2.45, 2.75) is 26.4 Å². The van der Waals surface area contributed by atoms with E-state index in [0.717, 1.165) is 13.0 Å². The summed E-state index contributed by atoms with van der Waals surface area (Å²) in [4.78, 5) is 13.2. The average Bonchev–Trinajstić information content (AvgIpc) is 2.52. The molecule has 0 aliphatic carbocycles. The third-order valence-corrected chi connectivity index (χ3v) is 2.53. The predicted molar refractivity (Wildman–Crippen MR) is 51.2 cm³/mol. The Bertz CT molecular complexity index is 211. The first-order chi connectivity index (χ1) is 6.15. The first-order valence-corrected chi connectivity index (χ1v) is 4.74. The molecule has 1 N–H and O–H groups in total. The predicted octanol–water partition coefficient (Wildman–Crippen LogP) is 0.792. The van der Waals surface area contributed by atoms with Crippen molar-refractivity contribution in [3.05, 3.63) is 12.2 Å². The molecule has 1 amide bonds. The normalized spacial score (nSPS) is 25.5. The SMILES string of the molecule is C/C=C/C(=O)N1CCC(C(C)O)C1. The highest BCUT2D eigenvalue weighted by molar-refractivity contribution is 5.87. The summed E-state index contributed by atoms with van der Waals surface area (Å²) in [6.45, 7) is 5.09. The summed E-state index contributed by atoms with van der Waals surface area (Å²) in [5, 5.41) is 9.33. The molecule has 1 heterocycles. The van der Waals surface area contributed by atoms with E-state index in [1.54, 1.807) is 24.0 Å². The van der Waals surface area contributed by atoms with Crippen molar-refractivity contribution in [3.63, 3.8) is 0 Å². The van der Waals surface area contributed by atoms with Crippen LogP contribution in [0.25, 0.3) is 0 Å². The lowest BCUT2D eigenvalue weighted by Crippen LogP contribution is -2.28. The van der Waals surface area contributed by atoms with Crippen LogP contribution in [-0.4, -0.2) is 35.1 Å². The van der Waals surface area contributed by atoms with Gasteiger partial charge < -0.3 is 10.0 Å². The second kappa shape index (κ2) is 4.42. The quantitative estimate of drug-likeness (QED) is 0.643. The number of hydrogen-bond donors (Lipinski definition) is 1. The van der Waals surface area contributed by atoms with Gasteiger partial charge >= 0.3 is 0 Å². The van der Waals surface area contributed by atoms with Crippen LogP contribution in [0.1, 0.15) is 20.3 Å². The lowest BCUT2D eigenvalue weighted by atomic mass is 10.0. The number of carbonyl (C=O) groups excluding carboxylic acids is 1. The molecule has 0 saturated carbocycles. The summed E-state index contributed by atoms with van der Waals surface area (Å²) < 4.78 is 0. The number of aliphatic hydroxyl groups excluding tert-OH is 1. The van der Waals surface area contributed by atoms with E-state index in [0.29, 0.717) is 6.54 Å². The van der Waals surface area contributed by atoms with Gasteiger partial charge in [0.2, 0.25) is 5.91 Å². The largest absolute Gasteiger partial charge is 0.393 e. The number of carbonyl (C=O) groups is 1. The van der Waals surface area contributed by atoms with Gasteiger partial charge in [-0.3, -0.25) is 4.79 Å². The molecule has 3 heteroatoms. The molecular weight excluding hydrogens is 166 g/mol. The number of nitrogens with zero attached hydrogens (tertiary/aromatic N) is 1. The molecule has 2 atom stereocenters. The molecule has 0 aromatic carbocycles. The molecule has 0 spiro atoms. The summed E-state index contributed by atoms with van der Waals surface area (Å²) in [7, 11) is 0. The zero-order valence-electron chi connectivity index (χ0n) is 8.23. The third-order valence-electron chi connectivity index (χ3n) is 2.53. The minimum absolute atomic E-state index is 0.0608. The molecule has 13 heavy (non-hydrogen) atoms. The first kappa shape index (κ1) is 10.3. The van der Waals surface area contributed by atoms with E-state index in [2.05, 4.69) is 0 Å². The number of rotatable bonds is 2. The topological polar surface area (TPSA) is 40.5 Å². The molecule has 1 fully saturated rings. The zero-order valence-corrected chi connectivity index (χ0v) is 8.23. The summed E-state index contributed by atoms with van der Waals surface area (Å²) in [6, 6.07) is 0. The van der Waals surface area contributed by atoms with Crippen molar-refractivity contribution < 1.29 is 9.90 Å². The van der Waals surface area contributed by atoms with Crippen LogP contribution in [0.2, 0.25) is 0 Å². The van der Waals surface area contributed by atoms with Crippen molar-refractivity contribution in [1.29, 1.82) is 0 Å². The molecule has 1 aliphatic heterocycles. The zero-order chi connectivity index (χ0) is 9.84. The van der Waals surface area contributed by atoms with E-state index in [9.17, 15) is 9.90 Å². The fraction of sp³-hybridized carbons (Fsp3) is 0.700. The molecule has 0 radical (unpaired) electrons. The maximum absolute atomic E-state index is 11.4. The van der Waals surface area contributed by atoms with Crippen LogP contribution in [-0.2, 0) is 4.79 Å². The molecule has 0 aromatic rings. The Morgan fingerprint density at radius 1 is 1.69 bits per heavy atom. The van der Waals surface area contributed by atoms with Gasteiger partial charge in [0.1, 0.15) is 0 Å². The second-order valence-electron chi connectivity index (χ2n) is 3.57. The number of allylic oxidation sites excluding steroid dienone is 1. The minimum atomic E-state index is -0.302. The maximum Gasteiger partial charge on any atom is 0.246 e. The van der Waals surface area contributed by atoms with Crippen LogP contribution in [0.15, 0.2) is 12.2 Å². The van der Waals surface area contributed by atoms with Gasteiger partial charge in [-0.2, -0.15) is 0 Å². The van der Waals surface area contributed by atoms with E-state index < -0.39 is 0 Å². The van der Waals surface area contributed by atoms with Crippen molar-refractivity contribution in [2.75, 3.05) is 13.1 Å². The summed E-state index contributed by atoms with van der Waals surface area (Å²) >= 11 is 0. The molecular formula is C10H17NO2. The summed E-state index contributed by atoms with van der Waals surface area (Å²) in [5.41, 5.74) is 0. The lowest BCUT2D eigenvalue weighted by Gasteiger charge is -2.15. The van der Waals surface area contributed by atoms with E-state index in [4.69, 9.17) is 0 Å². The fourth-order valence-corrected chi connectivity index (χ4v) is 1.63. The second-order valence-corrected chi connectivity index (χ2v) is 3.57. The first-order valence-electron chi connectivity index (χ1n) is 4.74. The Morgan fingerprint density at radius 2 is 2.38 bits per heavy atom.